The zero-order valence-electron chi connectivity index (χ0n) is 15.9. The number of benzene rings is 2. The van der Waals surface area contributed by atoms with Gasteiger partial charge >= 0.3 is 5.97 Å². The lowest BCUT2D eigenvalue weighted by Gasteiger charge is -2.25. The van der Waals surface area contributed by atoms with Crippen LogP contribution in [0.1, 0.15) is 43.5 Å². The highest BCUT2D eigenvalue weighted by atomic mass is 16.5. The predicted octanol–water partition coefficient (Wildman–Crippen LogP) is 3.47. The summed E-state index contributed by atoms with van der Waals surface area (Å²) in [5, 5.41) is 2.88. The maximum Gasteiger partial charge on any atom is 0.339 e. The summed E-state index contributed by atoms with van der Waals surface area (Å²) in [5.74, 6) is -0.0511. The largest absolute Gasteiger partial charge is 0.481 e. The van der Waals surface area contributed by atoms with Crippen LogP contribution in [0.3, 0.4) is 0 Å². The lowest BCUT2D eigenvalue weighted by atomic mass is 9.93. The monoisotopic (exact) mass is 388 g/mol. The van der Waals surface area contributed by atoms with Gasteiger partial charge in [0, 0.05) is 30.8 Å². The van der Waals surface area contributed by atoms with Crippen molar-refractivity contribution < 1.29 is 19.1 Å². The minimum atomic E-state index is -0.364. The maximum absolute atomic E-state index is 12.6. The Balaban J connectivity index is 1.48. The van der Waals surface area contributed by atoms with Crippen LogP contribution in [0.15, 0.2) is 66.9 Å². The summed E-state index contributed by atoms with van der Waals surface area (Å²) in [4.78, 5) is 29.1. The first-order valence-corrected chi connectivity index (χ1v) is 9.30. The highest BCUT2D eigenvalue weighted by Crippen LogP contribution is 2.31. The summed E-state index contributed by atoms with van der Waals surface area (Å²) >= 11 is 0. The number of carbonyl (C=O) groups is 2. The van der Waals surface area contributed by atoms with Crippen molar-refractivity contribution in [2.75, 3.05) is 7.11 Å². The van der Waals surface area contributed by atoms with E-state index < -0.39 is 0 Å². The first-order chi connectivity index (χ1) is 14.1. The molecule has 0 fully saturated rings. The summed E-state index contributed by atoms with van der Waals surface area (Å²) in [6, 6.07) is 18.3. The van der Waals surface area contributed by atoms with Crippen molar-refractivity contribution in [3.63, 3.8) is 0 Å². The molecule has 0 aliphatic carbocycles. The number of cyclic esters (lactones) is 1. The normalized spacial score (nSPS) is 15.2. The quantitative estimate of drug-likeness (QED) is 0.677. The average Bonchev–Trinajstić information content (AvgIpc) is 2.78. The summed E-state index contributed by atoms with van der Waals surface area (Å²) < 4.78 is 10.6. The molecule has 1 N–H and O–H groups in total. The van der Waals surface area contributed by atoms with Crippen LogP contribution in [-0.2, 0) is 17.7 Å². The fraction of sp³-hybridized carbons (Fsp3) is 0.174. The third-order valence-electron chi connectivity index (χ3n) is 4.87. The average molecular weight is 388 g/mol. The lowest BCUT2D eigenvalue weighted by Crippen LogP contribution is -2.25. The van der Waals surface area contributed by atoms with Crippen LogP contribution in [-0.4, -0.2) is 24.0 Å². The van der Waals surface area contributed by atoms with Crippen molar-refractivity contribution in [1.29, 1.82) is 0 Å². The molecule has 0 radical (unpaired) electrons. The van der Waals surface area contributed by atoms with E-state index in [1.54, 1.807) is 37.6 Å². The number of aromatic nitrogens is 1. The number of rotatable bonds is 5. The third-order valence-corrected chi connectivity index (χ3v) is 4.87. The van der Waals surface area contributed by atoms with Gasteiger partial charge in [-0.3, -0.25) is 4.79 Å². The Morgan fingerprint density at radius 1 is 1.17 bits per heavy atom. The second kappa shape index (κ2) is 8.14. The maximum atomic E-state index is 12.6. The molecular formula is C23H20N2O4. The highest BCUT2D eigenvalue weighted by molar-refractivity contribution is 5.97. The fourth-order valence-corrected chi connectivity index (χ4v) is 3.31. The number of ether oxygens (including phenoxy) is 2. The number of hydrogen-bond acceptors (Lipinski definition) is 5. The predicted molar refractivity (Wildman–Crippen MR) is 107 cm³/mol. The van der Waals surface area contributed by atoms with E-state index in [0.717, 1.165) is 16.7 Å². The van der Waals surface area contributed by atoms with Crippen molar-refractivity contribution in [3.05, 3.63) is 94.7 Å². The second-order valence-corrected chi connectivity index (χ2v) is 6.77. The molecule has 3 aromatic rings. The fourth-order valence-electron chi connectivity index (χ4n) is 3.31. The number of carbonyl (C=O) groups excluding carboxylic acids is 2. The van der Waals surface area contributed by atoms with Gasteiger partial charge in [-0.25, -0.2) is 9.78 Å². The molecule has 146 valence electrons. The van der Waals surface area contributed by atoms with Crippen LogP contribution < -0.4 is 10.1 Å². The molecule has 1 aliphatic heterocycles. The highest BCUT2D eigenvalue weighted by Gasteiger charge is 2.28. The van der Waals surface area contributed by atoms with Gasteiger partial charge in [-0.2, -0.15) is 0 Å². The van der Waals surface area contributed by atoms with E-state index in [9.17, 15) is 9.59 Å². The molecule has 2 aromatic carbocycles. The molecule has 6 nitrogen and oxygen atoms in total. The van der Waals surface area contributed by atoms with Gasteiger partial charge in [-0.15, -0.1) is 0 Å². The van der Waals surface area contributed by atoms with Crippen molar-refractivity contribution >= 4 is 11.9 Å². The summed E-state index contributed by atoms with van der Waals surface area (Å²) in [5.41, 5.74) is 3.63. The zero-order chi connectivity index (χ0) is 20.2. The molecule has 1 aromatic heterocycles. The topological polar surface area (TPSA) is 77.5 Å². The molecule has 0 unspecified atom stereocenters. The Labute approximate surface area is 168 Å². The number of nitrogens with zero attached hydrogens (tertiary/aromatic N) is 1. The van der Waals surface area contributed by atoms with Gasteiger partial charge in [0.1, 0.15) is 6.10 Å². The number of nitrogens with one attached hydrogen (secondary N) is 1. The molecule has 0 saturated carbocycles. The number of hydrogen-bond donors (Lipinski definition) is 1. The van der Waals surface area contributed by atoms with Gasteiger partial charge in [0.05, 0.1) is 12.7 Å². The Hall–Kier alpha value is -3.67. The van der Waals surface area contributed by atoms with Crippen molar-refractivity contribution in [1.82, 2.24) is 10.3 Å². The first-order valence-electron chi connectivity index (χ1n) is 9.30. The Morgan fingerprint density at radius 2 is 2.00 bits per heavy atom. The van der Waals surface area contributed by atoms with Crippen LogP contribution >= 0.6 is 0 Å². The summed E-state index contributed by atoms with van der Waals surface area (Å²) in [6.07, 6.45) is 1.85. The Bertz CT molecular complexity index is 1030. The van der Waals surface area contributed by atoms with E-state index in [1.165, 1.54) is 0 Å². The standard InChI is InChI=1S/C23H20N2O4/c1-28-21-10-7-15(13-24-21)14-25-22(26)17-8-9-19-18(11-17)12-20(29-23(19)27)16-5-3-2-4-6-16/h2-11,13,20H,12,14H2,1H3,(H,25,26)/t20-/m1/s1. The molecule has 1 atom stereocenters. The Kier molecular flexibility index (Phi) is 5.24. The molecule has 6 heteroatoms. The van der Waals surface area contributed by atoms with Crippen molar-refractivity contribution in [3.8, 4) is 5.88 Å². The number of esters is 1. The molecule has 0 bridgehead atoms. The number of amides is 1. The van der Waals surface area contributed by atoms with E-state index in [0.29, 0.717) is 30.0 Å². The molecule has 0 saturated heterocycles. The minimum Gasteiger partial charge on any atom is -0.481 e. The lowest BCUT2D eigenvalue weighted by molar-refractivity contribution is 0.0252. The molecule has 0 spiro atoms. The summed E-state index contributed by atoms with van der Waals surface area (Å²) in [7, 11) is 1.55. The third kappa shape index (κ3) is 4.11. The van der Waals surface area contributed by atoms with Crippen LogP contribution in [0.5, 0.6) is 5.88 Å². The SMILES string of the molecule is COc1ccc(CNC(=O)c2ccc3c(c2)C[C@H](c2ccccc2)OC3=O)cn1. The van der Waals surface area contributed by atoms with Crippen molar-refractivity contribution in [2.45, 2.75) is 19.1 Å². The van der Waals surface area contributed by atoms with Crippen LogP contribution in [0.25, 0.3) is 0 Å². The van der Waals surface area contributed by atoms with Gasteiger partial charge in [-0.05, 0) is 34.9 Å². The molecule has 4 rings (SSSR count). The molecular weight excluding hydrogens is 368 g/mol. The molecule has 1 aliphatic rings. The summed E-state index contributed by atoms with van der Waals surface area (Å²) in [6.45, 7) is 0.349. The van der Waals surface area contributed by atoms with Crippen LogP contribution in [0.4, 0.5) is 0 Å². The van der Waals surface area contributed by atoms with Gasteiger partial charge in [0.15, 0.2) is 0 Å². The van der Waals surface area contributed by atoms with E-state index in [2.05, 4.69) is 10.3 Å². The van der Waals surface area contributed by atoms with Gasteiger partial charge < -0.3 is 14.8 Å². The van der Waals surface area contributed by atoms with E-state index >= 15 is 0 Å². The number of fused-ring (bicyclic) bond motifs is 1. The molecule has 2 heterocycles. The smallest absolute Gasteiger partial charge is 0.339 e. The second-order valence-electron chi connectivity index (χ2n) is 6.77. The zero-order valence-corrected chi connectivity index (χ0v) is 15.9. The van der Waals surface area contributed by atoms with Gasteiger partial charge in [0.25, 0.3) is 5.91 Å². The van der Waals surface area contributed by atoms with Crippen molar-refractivity contribution in [2.24, 2.45) is 0 Å². The van der Waals surface area contributed by atoms with Crippen LogP contribution in [0.2, 0.25) is 0 Å². The van der Waals surface area contributed by atoms with E-state index in [-0.39, 0.29) is 18.0 Å². The Morgan fingerprint density at radius 3 is 2.72 bits per heavy atom. The van der Waals surface area contributed by atoms with Gasteiger partial charge in [0.2, 0.25) is 5.88 Å². The number of methoxy groups -OCH3 is 1. The minimum absolute atomic E-state index is 0.209. The van der Waals surface area contributed by atoms with E-state index in [1.807, 2.05) is 36.4 Å². The molecule has 1 amide bonds. The molecule has 29 heavy (non-hydrogen) atoms. The first kappa shape index (κ1) is 18.7. The van der Waals surface area contributed by atoms with E-state index in [4.69, 9.17) is 9.47 Å². The number of pyridine rings is 1. The van der Waals surface area contributed by atoms with Crippen LogP contribution in [0, 0.1) is 0 Å². The van der Waals surface area contributed by atoms with Gasteiger partial charge in [-0.1, -0.05) is 36.4 Å².